The van der Waals surface area contributed by atoms with Gasteiger partial charge in [-0.2, -0.15) is 0 Å². The lowest BCUT2D eigenvalue weighted by Gasteiger charge is -2.12. The number of aromatic hydroxyl groups is 1. The summed E-state index contributed by atoms with van der Waals surface area (Å²) in [7, 11) is 0. The summed E-state index contributed by atoms with van der Waals surface area (Å²) in [5.74, 6) is -0.965. The number of carbonyl (C=O) groups excluding carboxylic acids is 1. The highest BCUT2D eigenvalue weighted by atomic mass is 16.6. The minimum atomic E-state index is -0.765. The second-order valence-corrected chi connectivity index (χ2v) is 4.99. The summed E-state index contributed by atoms with van der Waals surface area (Å²) in [6.45, 7) is 3.88. The smallest absolute Gasteiger partial charge is 0.383 e. The molecule has 1 N–H and O–H groups in total. The third-order valence-corrected chi connectivity index (χ3v) is 3.22. The number of carbonyl (C=O) groups is 1. The normalized spacial score (nSPS) is 10.6. The number of rotatable bonds is 8. The molecule has 0 saturated heterocycles. The molecule has 1 aromatic carbocycles. The van der Waals surface area contributed by atoms with E-state index in [9.17, 15) is 14.7 Å². The van der Waals surface area contributed by atoms with Crippen LogP contribution in [0.4, 0.5) is 0 Å². The molecule has 0 radical (unpaired) electrons. The highest BCUT2D eigenvalue weighted by Crippen LogP contribution is 2.37. The molecule has 0 spiro atoms. The number of hydrogen-bond acceptors (Lipinski definition) is 7. The zero-order chi connectivity index (χ0) is 17.5. The van der Waals surface area contributed by atoms with Crippen molar-refractivity contribution in [3.05, 3.63) is 28.6 Å². The van der Waals surface area contributed by atoms with Gasteiger partial charge in [-0.3, -0.25) is 0 Å². The fraction of sp³-hybridized carbons (Fsp3) is 0.412. The number of benzene rings is 1. The lowest BCUT2D eigenvalue weighted by molar-refractivity contribution is -0.145. The topological polar surface area (TPSA) is 95.2 Å². The Morgan fingerprint density at radius 1 is 1.25 bits per heavy atom. The van der Waals surface area contributed by atoms with Crippen LogP contribution < -0.4 is 15.1 Å². The van der Waals surface area contributed by atoms with Crippen molar-refractivity contribution in [1.82, 2.24) is 0 Å². The Bertz CT molecular complexity index is 763. The summed E-state index contributed by atoms with van der Waals surface area (Å²) in [4.78, 5) is 23.4. The fourth-order valence-electron chi connectivity index (χ4n) is 2.09. The minimum Gasteiger partial charge on any atom is -0.503 e. The first-order valence-electron chi connectivity index (χ1n) is 7.78. The molecule has 0 saturated carbocycles. The maximum absolute atomic E-state index is 11.9. The fourth-order valence-corrected chi connectivity index (χ4v) is 2.09. The number of unbranched alkanes of at least 4 members (excludes halogenated alkanes) is 1. The van der Waals surface area contributed by atoms with Crippen LogP contribution in [0.25, 0.3) is 11.0 Å². The van der Waals surface area contributed by atoms with E-state index in [1.807, 2.05) is 6.92 Å². The van der Waals surface area contributed by atoms with Gasteiger partial charge in [0, 0.05) is 0 Å². The predicted octanol–water partition coefficient (Wildman–Crippen LogP) is 2.62. The van der Waals surface area contributed by atoms with Crippen LogP contribution in [0, 0.1) is 0 Å². The molecule has 1 heterocycles. The summed E-state index contributed by atoms with van der Waals surface area (Å²) in [5, 5.41) is 10.6. The Balaban J connectivity index is 2.36. The Kier molecular flexibility index (Phi) is 6.06. The summed E-state index contributed by atoms with van der Waals surface area (Å²) in [5.41, 5.74) is -0.625. The lowest BCUT2D eigenvalue weighted by atomic mass is 10.2. The molecule has 2 rings (SSSR count). The molecule has 7 heteroatoms. The molecular formula is C17H20O7. The van der Waals surface area contributed by atoms with Crippen LogP contribution in [0.2, 0.25) is 0 Å². The highest BCUT2D eigenvalue weighted by molar-refractivity contribution is 5.91. The van der Waals surface area contributed by atoms with Crippen LogP contribution in [0.1, 0.15) is 26.7 Å². The van der Waals surface area contributed by atoms with Gasteiger partial charge in [0.15, 0.2) is 12.4 Å². The van der Waals surface area contributed by atoms with Crippen LogP contribution in [-0.4, -0.2) is 30.9 Å². The van der Waals surface area contributed by atoms with E-state index < -0.39 is 11.6 Å². The Labute approximate surface area is 138 Å². The molecule has 0 aliphatic heterocycles. The molecule has 0 fully saturated rings. The molecule has 0 bridgehead atoms. The monoisotopic (exact) mass is 336 g/mol. The third kappa shape index (κ3) is 3.98. The summed E-state index contributed by atoms with van der Waals surface area (Å²) in [6, 6.07) is 4.66. The van der Waals surface area contributed by atoms with Gasteiger partial charge in [0.25, 0.3) is 0 Å². The Morgan fingerprint density at radius 2 is 2.04 bits per heavy atom. The van der Waals surface area contributed by atoms with E-state index in [1.165, 1.54) is 6.07 Å². The maximum Gasteiger partial charge on any atom is 0.383 e. The van der Waals surface area contributed by atoms with E-state index >= 15 is 0 Å². The molecule has 0 aliphatic carbocycles. The molecule has 0 aliphatic rings. The van der Waals surface area contributed by atoms with Gasteiger partial charge in [0.2, 0.25) is 5.75 Å². The van der Waals surface area contributed by atoms with Crippen molar-refractivity contribution in [2.75, 3.05) is 19.8 Å². The van der Waals surface area contributed by atoms with Gasteiger partial charge >= 0.3 is 11.6 Å². The van der Waals surface area contributed by atoms with Gasteiger partial charge in [0.05, 0.1) is 13.2 Å². The van der Waals surface area contributed by atoms with Crippen LogP contribution in [0.5, 0.6) is 17.2 Å². The van der Waals surface area contributed by atoms with E-state index in [0.29, 0.717) is 0 Å². The second kappa shape index (κ2) is 8.24. The molecule has 7 nitrogen and oxygen atoms in total. The van der Waals surface area contributed by atoms with Gasteiger partial charge in [-0.25, -0.2) is 9.59 Å². The standard InChI is InChI=1S/C17H20O7/c1-3-5-9-22-16-15(19)14-11(23-10-13(18)21-4-2)7-6-8-12(14)24-17(16)20/h6-8,19H,3-5,9-10H2,1-2H3. The Morgan fingerprint density at radius 3 is 2.75 bits per heavy atom. The third-order valence-electron chi connectivity index (χ3n) is 3.22. The largest absolute Gasteiger partial charge is 0.503 e. The molecule has 24 heavy (non-hydrogen) atoms. The zero-order valence-corrected chi connectivity index (χ0v) is 13.7. The highest BCUT2D eigenvalue weighted by Gasteiger charge is 2.19. The van der Waals surface area contributed by atoms with Crippen LogP contribution in [-0.2, 0) is 9.53 Å². The van der Waals surface area contributed by atoms with Crippen molar-refractivity contribution < 1.29 is 28.5 Å². The summed E-state index contributed by atoms with van der Waals surface area (Å²) in [6.07, 6.45) is 1.62. The first-order chi connectivity index (χ1) is 11.6. The Hall–Kier alpha value is -2.70. The number of ether oxygens (including phenoxy) is 3. The van der Waals surface area contributed by atoms with E-state index in [2.05, 4.69) is 0 Å². The maximum atomic E-state index is 11.9. The average molecular weight is 336 g/mol. The average Bonchev–Trinajstić information content (AvgIpc) is 2.56. The van der Waals surface area contributed by atoms with E-state index in [4.69, 9.17) is 18.6 Å². The molecule has 130 valence electrons. The molecule has 2 aromatic rings. The number of fused-ring (bicyclic) bond motifs is 1. The number of hydrogen-bond donors (Lipinski definition) is 1. The van der Waals surface area contributed by atoms with Crippen molar-refractivity contribution in [3.8, 4) is 17.2 Å². The van der Waals surface area contributed by atoms with Crippen molar-refractivity contribution in [2.45, 2.75) is 26.7 Å². The first kappa shape index (κ1) is 17.7. The van der Waals surface area contributed by atoms with Crippen LogP contribution in [0.15, 0.2) is 27.4 Å². The van der Waals surface area contributed by atoms with Crippen LogP contribution in [0.3, 0.4) is 0 Å². The molecule has 0 amide bonds. The SMILES string of the molecule is CCCCOc1c(O)c2c(OCC(=O)OCC)cccc2oc1=O. The van der Waals surface area contributed by atoms with Gasteiger partial charge in [0.1, 0.15) is 16.7 Å². The van der Waals surface area contributed by atoms with Crippen molar-refractivity contribution in [3.63, 3.8) is 0 Å². The molecule has 1 aromatic heterocycles. The first-order valence-corrected chi connectivity index (χ1v) is 7.78. The molecule has 0 atom stereocenters. The summed E-state index contributed by atoms with van der Waals surface area (Å²) < 4.78 is 20.7. The van der Waals surface area contributed by atoms with Crippen LogP contribution >= 0.6 is 0 Å². The van der Waals surface area contributed by atoms with Crippen molar-refractivity contribution in [2.24, 2.45) is 0 Å². The van der Waals surface area contributed by atoms with Gasteiger partial charge in [-0.15, -0.1) is 0 Å². The van der Waals surface area contributed by atoms with E-state index in [0.717, 1.165) is 12.8 Å². The second-order valence-electron chi connectivity index (χ2n) is 4.99. The lowest BCUT2D eigenvalue weighted by Crippen LogP contribution is -2.15. The quantitative estimate of drug-likeness (QED) is 0.450. The van der Waals surface area contributed by atoms with Gasteiger partial charge in [-0.05, 0) is 25.5 Å². The molecule has 0 unspecified atom stereocenters. The van der Waals surface area contributed by atoms with Gasteiger partial charge < -0.3 is 23.7 Å². The van der Waals surface area contributed by atoms with E-state index in [1.54, 1.807) is 19.1 Å². The van der Waals surface area contributed by atoms with Crippen molar-refractivity contribution >= 4 is 16.9 Å². The van der Waals surface area contributed by atoms with Gasteiger partial charge in [-0.1, -0.05) is 19.4 Å². The minimum absolute atomic E-state index is 0.140. The predicted molar refractivity (Wildman–Crippen MR) is 86.7 cm³/mol. The summed E-state index contributed by atoms with van der Waals surface area (Å²) >= 11 is 0. The van der Waals surface area contributed by atoms with Crippen molar-refractivity contribution in [1.29, 1.82) is 0 Å². The number of esters is 1. The zero-order valence-electron chi connectivity index (χ0n) is 13.7. The van der Waals surface area contributed by atoms with E-state index in [-0.39, 0.29) is 48.0 Å². The molecular weight excluding hydrogens is 316 g/mol.